The van der Waals surface area contributed by atoms with Crippen LogP contribution >= 0.6 is 22.9 Å². The Bertz CT molecular complexity index is 1610. The summed E-state index contributed by atoms with van der Waals surface area (Å²) < 4.78 is 5.05. The molecule has 184 valence electrons. The number of anilines is 1. The molecule has 0 saturated carbocycles. The summed E-state index contributed by atoms with van der Waals surface area (Å²) in [6, 6.07) is 24.7. The number of carbonyl (C=O) groups is 2. The number of amides is 1. The number of aromatic nitrogens is 1. The van der Waals surface area contributed by atoms with E-state index >= 15 is 0 Å². The Hall–Kier alpha value is -4.00. The number of aryl methyl sites for hydroxylation is 1. The van der Waals surface area contributed by atoms with Crippen molar-refractivity contribution in [2.24, 2.45) is 0 Å². The molecule has 7 heteroatoms. The lowest BCUT2D eigenvalue weighted by Crippen LogP contribution is -2.15. The molecule has 1 amide bonds. The topological polar surface area (TPSA) is 68.3 Å². The van der Waals surface area contributed by atoms with Gasteiger partial charge < -0.3 is 10.1 Å². The van der Waals surface area contributed by atoms with Crippen LogP contribution in [0.1, 0.15) is 33.2 Å². The molecule has 3 aromatic carbocycles. The molecule has 0 aliphatic carbocycles. The van der Waals surface area contributed by atoms with Crippen molar-refractivity contribution in [3.05, 3.63) is 106 Å². The Labute approximate surface area is 223 Å². The number of para-hydroxylation sites is 1. The van der Waals surface area contributed by atoms with E-state index in [1.807, 2.05) is 53.9 Å². The number of carbonyl (C=O) groups excluding carboxylic acids is 2. The molecule has 0 aliphatic rings. The second-order valence-electron chi connectivity index (χ2n) is 8.43. The van der Waals surface area contributed by atoms with Crippen molar-refractivity contribution in [3.8, 4) is 22.4 Å². The Morgan fingerprint density at radius 3 is 2.38 bits per heavy atom. The number of hydrogen-bond donors (Lipinski definition) is 1. The van der Waals surface area contributed by atoms with Crippen molar-refractivity contribution in [1.29, 1.82) is 0 Å². The van der Waals surface area contributed by atoms with E-state index < -0.39 is 5.97 Å². The lowest BCUT2D eigenvalue weighted by atomic mass is 10.0. The van der Waals surface area contributed by atoms with E-state index in [2.05, 4.69) is 24.4 Å². The van der Waals surface area contributed by atoms with E-state index in [1.54, 1.807) is 18.2 Å². The monoisotopic (exact) mass is 526 g/mol. The third kappa shape index (κ3) is 4.99. The van der Waals surface area contributed by atoms with Crippen LogP contribution in [0.15, 0.2) is 84.2 Å². The number of esters is 1. The normalized spacial score (nSPS) is 10.9. The Morgan fingerprint density at radius 1 is 0.973 bits per heavy atom. The molecule has 1 N–H and O–H groups in total. The smallest absolute Gasteiger partial charge is 0.341 e. The molecule has 5 aromatic rings. The van der Waals surface area contributed by atoms with Crippen molar-refractivity contribution >= 4 is 50.7 Å². The van der Waals surface area contributed by atoms with Crippen molar-refractivity contribution < 1.29 is 14.3 Å². The van der Waals surface area contributed by atoms with Gasteiger partial charge in [0.1, 0.15) is 10.6 Å². The first-order chi connectivity index (χ1) is 18.0. The van der Waals surface area contributed by atoms with Crippen LogP contribution in [-0.4, -0.2) is 24.0 Å². The second-order valence-corrected chi connectivity index (χ2v) is 9.74. The predicted molar refractivity (Wildman–Crippen MR) is 151 cm³/mol. The number of nitrogens with zero attached hydrogens (tertiary/aromatic N) is 1. The van der Waals surface area contributed by atoms with Gasteiger partial charge in [0.2, 0.25) is 0 Å². The number of thiophene rings is 1. The first kappa shape index (κ1) is 24.7. The number of fused-ring (bicyclic) bond motifs is 1. The molecule has 0 unspecified atom stereocenters. The van der Waals surface area contributed by atoms with Gasteiger partial charge in [0.25, 0.3) is 5.91 Å². The largest absolute Gasteiger partial charge is 0.465 e. The summed E-state index contributed by atoms with van der Waals surface area (Å²) in [5.74, 6) is -0.863. The van der Waals surface area contributed by atoms with Gasteiger partial charge in [0.15, 0.2) is 0 Å². The molecule has 0 bridgehead atoms. The van der Waals surface area contributed by atoms with Crippen molar-refractivity contribution in [1.82, 2.24) is 4.98 Å². The van der Waals surface area contributed by atoms with E-state index in [9.17, 15) is 9.59 Å². The predicted octanol–water partition coefficient (Wildman–Crippen LogP) is 7.89. The van der Waals surface area contributed by atoms with Crippen molar-refractivity contribution in [2.75, 3.05) is 12.4 Å². The summed E-state index contributed by atoms with van der Waals surface area (Å²) in [6.07, 6.45) is 0.945. The van der Waals surface area contributed by atoms with Crippen LogP contribution in [0.25, 0.3) is 33.3 Å². The minimum absolute atomic E-state index is 0.303. The number of pyridine rings is 1. The highest BCUT2D eigenvalue weighted by molar-refractivity contribution is 7.15. The molecule has 0 aliphatic heterocycles. The summed E-state index contributed by atoms with van der Waals surface area (Å²) in [7, 11) is 1.32. The van der Waals surface area contributed by atoms with Crippen LogP contribution < -0.4 is 5.32 Å². The molecule has 2 heterocycles. The molecule has 0 fully saturated rings. The van der Waals surface area contributed by atoms with Gasteiger partial charge in [-0.25, -0.2) is 9.78 Å². The van der Waals surface area contributed by atoms with Crippen LogP contribution in [-0.2, 0) is 11.2 Å². The van der Waals surface area contributed by atoms with Gasteiger partial charge in [-0.3, -0.25) is 4.79 Å². The first-order valence-corrected chi connectivity index (χ1v) is 13.0. The van der Waals surface area contributed by atoms with Crippen LogP contribution in [0, 0.1) is 0 Å². The summed E-state index contributed by atoms with van der Waals surface area (Å²) in [5, 5.41) is 6.52. The molecule has 0 radical (unpaired) electrons. The molecule has 5 rings (SSSR count). The number of benzene rings is 3. The number of nitrogens with one attached hydrogen (secondary N) is 1. The van der Waals surface area contributed by atoms with Gasteiger partial charge in [-0.2, -0.15) is 0 Å². The first-order valence-electron chi connectivity index (χ1n) is 11.7. The minimum Gasteiger partial charge on any atom is -0.465 e. The SMILES string of the molecule is CCc1ccc(-c2cc(C(=O)Nc3scc(-c4ccc(Cl)cc4)c3C(=O)OC)c3ccccc3n2)cc1. The lowest BCUT2D eigenvalue weighted by Gasteiger charge is -2.12. The van der Waals surface area contributed by atoms with Crippen LogP contribution in [0.2, 0.25) is 5.02 Å². The van der Waals surface area contributed by atoms with Crippen LogP contribution in [0.3, 0.4) is 0 Å². The lowest BCUT2D eigenvalue weighted by molar-refractivity contribution is 0.0603. The molecule has 37 heavy (non-hydrogen) atoms. The highest BCUT2D eigenvalue weighted by Gasteiger charge is 2.24. The van der Waals surface area contributed by atoms with E-state index in [1.165, 1.54) is 24.0 Å². The van der Waals surface area contributed by atoms with Gasteiger partial charge in [0.05, 0.1) is 23.9 Å². The molecule has 0 atom stereocenters. The average molecular weight is 527 g/mol. The zero-order valence-corrected chi connectivity index (χ0v) is 21.8. The van der Waals surface area contributed by atoms with Crippen molar-refractivity contribution in [2.45, 2.75) is 13.3 Å². The fourth-order valence-corrected chi connectivity index (χ4v) is 5.27. The highest BCUT2D eigenvalue weighted by atomic mass is 35.5. The van der Waals surface area contributed by atoms with Crippen LogP contribution in [0.4, 0.5) is 5.00 Å². The van der Waals surface area contributed by atoms with Gasteiger partial charge in [-0.15, -0.1) is 11.3 Å². The number of ether oxygens (including phenoxy) is 1. The molecule has 2 aromatic heterocycles. The van der Waals surface area contributed by atoms with Crippen LogP contribution in [0.5, 0.6) is 0 Å². The molecular formula is C30H23ClN2O3S. The molecule has 0 spiro atoms. The minimum atomic E-state index is -0.530. The maximum absolute atomic E-state index is 13.7. The standard InChI is InChI=1S/C30H23ClN2O3S/c1-3-18-8-10-20(11-9-18)26-16-23(22-6-4-5-7-25(22)32-26)28(34)33-29-27(30(35)36-2)24(17-37-29)19-12-14-21(31)15-13-19/h4-17H,3H2,1-2H3,(H,33,34). The second kappa shape index (κ2) is 10.5. The Kier molecular flexibility index (Phi) is 7.04. The van der Waals surface area contributed by atoms with Gasteiger partial charge in [-0.1, -0.05) is 73.1 Å². The number of methoxy groups -OCH3 is 1. The fourth-order valence-electron chi connectivity index (χ4n) is 4.19. The van der Waals surface area contributed by atoms with Gasteiger partial charge in [-0.05, 0) is 41.8 Å². The average Bonchev–Trinajstić information content (AvgIpc) is 3.35. The molecule has 5 nitrogen and oxygen atoms in total. The van der Waals surface area contributed by atoms with Crippen molar-refractivity contribution in [3.63, 3.8) is 0 Å². The van der Waals surface area contributed by atoms with E-state index in [4.69, 9.17) is 21.3 Å². The highest BCUT2D eigenvalue weighted by Crippen LogP contribution is 2.37. The summed E-state index contributed by atoms with van der Waals surface area (Å²) >= 11 is 7.31. The maximum atomic E-state index is 13.7. The Morgan fingerprint density at radius 2 is 1.68 bits per heavy atom. The van der Waals surface area contributed by atoms with E-state index in [-0.39, 0.29) is 5.91 Å². The maximum Gasteiger partial charge on any atom is 0.341 e. The summed E-state index contributed by atoms with van der Waals surface area (Å²) in [4.78, 5) is 31.2. The third-order valence-electron chi connectivity index (χ3n) is 6.18. The van der Waals surface area contributed by atoms with E-state index in [0.29, 0.717) is 37.9 Å². The Balaban J connectivity index is 1.56. The quantitative estimate of drug-likeness (QED) is 0.228. The zero-order valence-electron chi connectivity index (χ0n) is 20.2. The molecular weight excluding hydrogens is 504 g/mol. The number of hydrogen-bond acceptors (Lipinski definition) is 5. The van der Waals surface area contributed by atoms with Gasteiger partial charge in [0, 0.05) is 26.9 Å². The van der Waals surface area contributed by atoms with Gasteiger partial charge >= 0.3 is 5.97 Å². The number of rotatable bonds is 6. The number of halogens is 1. The summed E-state index contributed by atoms with van der Waals surface area (Å²) in [6.45, 7) is 2.11. The van der Waals surface area contributed by atoms with E-state index in [0.717, 1.165) is 22.9 Å². The molecule has 0 saturated heterocycles. The fraction of sp³-hybridized carbons (Fsp3) is 0.100. The zero-order chi connectivity index (χ0) is 25.9. The summed E-state index contributed by atoms with van der Waals surface area (Å²) in [5.41, 5.74) is 5.81. The third-order valence-corrected chi connectivity index (χ3v) is 7.33.